The Labute approximate surface area is 86.5 Å². The minimum absolute atomic E-state index is 0.304. The van der Waals surface area contributed by atoms with E-state index < -0.39 is 5.54 Å². The van der Waals surface area contributed by atoms with Gasteiger partial charge in [-0.15, -0.1) is 0 Å². The first-order chi connectivity index (χ1) is 6.98. The van der Waals surface area contributed by atoms with Gasteiger partial charge in [0.05, 0.1) is 11.2 Å². The third kappa shape index (κ3) is 1.75. The number of hydrogen-bond donors (Lipinski definition) is 1. The molecular formula is C9H12N4O2. The number of aryl methyl sites for hydroxylation is 1. The van der Waals surface area contributed by atoms with Gasteiger partial charge in [0.25, 0.3) is 5.89 Å². The molecule has 0 amide bonds. The lowest BCUT2D eigenvalue weighted by atomic mass is 10.1. The average molecular weight is 208 g/mol. The van der Waals surface area contributed by atoms with Crippen LogP contribution in [0.5, 0.6) is 0 Å². The van der Waals surface area contributed by atoms with E-state index in [1.54, 1.807) is 20.8 Å². The van der Waals surface area contributed by atoms with Crippen LogP contribution in [-0.2, 0) is 5.54 Å². The molecule has 80 valence electrons. The second kappa shape index (κ2) is 3.16. The molecule has 0 bridgehead atoms. The highest BCUT2D eigenvalue weighted by molar-refractivity contribution is 5.46. The molecule has 0 aliphatic carbocycles. The Morgan fingerprint density at radius 1 is 1.40 bits per heavy atom. The van der Waals surface area contributed by atoms with Crippen molar-refractivity contribution in [1.82, 2.24) is 15.1 Å². The van der Waals surface area contributed by atoms with Gasteiger partial charge in [0.1, 0.15) is 0 Å². The van der Waals surface area contributed by atoms with Gasteiger partial charge in [-0.05, 0) is 20.8 Å². The van der Waals surface area contributed by atoms with Crippen LogP contribution < -0.4 is 5.73 Å². The summed E-state index contributed by atoms with van der Waals surface area (Å²) >= 11 is 0. The molecule has 0 unspecified atom stereocenters. The summed E-state index contributed by atoms with van der Waals surface area (Å²) in [6.45, 7) is 5.40. The maximum absolute atomic E-state index is 5.83. The zero-order valence-corrected chi connectivity index (χ0v) is 8.81. The summed E-state index contributed by atoms with van der Waals surface area (Å²) in [7, 11) is 0. The molecule has 0 spiro atoms. The highest BCUT2D eigenvalue weighted by Gasteiger charge is 2.23. The summed E-state index contributed by atoms with van der Waals surface area (Å²) in [5.74, 6) is 1.23. The van der Waals surface area contributed by atoms with E-state index in [0.717, 1.165) is 0 Å². The van der Waals surface area contributed by atoms with Gasteiger partial charge in [-0.25, -0.2) is 4.98 Å². The van der Waals surface area contributed by atoms with Gasteiger partial charge in [0, 0.05) is 0 Å². The zero-order valence-electron chi connectivity index (χ0n) is 8.81. The van der Waals surface area contributed by atoms with Crippen molar-refractivity contribution in [3.63, 3.8) is 0 Å². The second-order valence-electron chi connectivity index (χ2n) is 3.91. The predicted molar refractivity (Wildman–Crippen MR) is 51.7 cm³/mol. The van der Waals surface area contributed by atoms with Crippen LogP contribution in [0.4, 0.5) is 0 Å². The molecule has 2 heterocycles. The SMILES string of the molecule is Cc1ncoc1-c1nc(C(C)(C)N)no1. The Bertz CT molecular complexity index is 466. The summed E-state index contributed by atoms with van der Waals surface area (Å²) in [6.07, 6.45) is 1.34. The lowest BCUT2D eigenvalue weighted by Gasteiger charge is -2.11. The van der Waals surface area contributed by atoms with Crippen LogP contribution in [0.3, 0.4) is 0 Å². The third-order valence-electron chi connectivity index (χ3n) is 1.94. The van der Waals surface area contributed by atoms with Gasteiger partial charge in [-0.2, -0.15) is 4.98 Å². The molecule has 0 aromatic carbocycles. The lowest BCUT2D eigenvalue weighted by Crippen LogP contribution is -2.30. The Balaban J connectivity index is 2.41. The Morgan fingerprint density at radius 2 is 2.13 bits per heavy atom. The van der Waals surface area contributed by atoms with Gasteiger partial charge in [-0.1, -0.05) is 5.16 Å². The summed E-state index contributed by atoms with van der Waals surface area (Å²) in [4.78, 5) is 8.09. The number of nitrogens with two attached hydrogens (primary N) is 1. The average Bonchev–Trinajstić information content (AvgIpc) is 2.69. The van der Waals surface area contributed by atoms with E-state index in [9.17, 15) is 0 Å². The minimum Gasteiger partial charge on any atom is -0.438 e. The van der Waals surface area contributed by atoms with Crippen LogP contribution in [0.15, 0.2) is 15.3 Å². The van der Waals surface area contributed by atoms with E-state index >= 15 is 0 Å². The van der Waals surface area contributed by atoms with Crippen molar-refractivity contribution < 1.29 is 8.94 Å². The fourth-order valence-electron chi connectivity index (χ4n) is 1.08. The van der Waals surface area contributed by atoms with Crippen molar-refractivity contribution >= 4 is 0 Å². The molecule has 0 aliphatic rings. The molecule has 0 saturated heterocycles. The molecule has 0 aliphatic heterocycles. The molecule has 2 rings (SSSR count). The largest absolute Gasteiger partial charge is 0.438 e. The van der Waals surface area contributed by atoms with Crippen LogP contribution in [0.1, 0.15) is 25.4 Å². The Hall–Kier alpha value is -1.69. The normalized spacial score (nSPS) is 12.0. The van der Waals surface area contributed by atoms with Crippen molar-refractivity contribution in [2.45, 2.75) is 26.3 Å². The predicted octanol–water partition coefficient (Wildman–Crippen LogP) is 1.23. The second-order valence-corrected chi connectivity index (χ2v) is 3.91. The first-order valence-corrected chi connectivity index (χ1v) is 4.52. The molecule has 6 heteroatoms. The van der Waals surface area contributed by atoms with Crippen LogP contribution >= 0.6 is 0 Å². The monoisotopic (exact) mass is 208 g/mol. The number of rotatable bonds is 2. The molecule has 6 nitrogen and oxygen atoms in total. The van der Waals surface area contributed by atoms with Crippen molar-refractivity contribution in [2.24, 2.45) is 5.73 Å². The highest BCUT2D eigenvalue weighted by Crippen LogP contribution is 2.22. The molecule has 2 aromatic heterocycles. The van der Waals surface area contributed by atoms with E-state index in [1.165, 1.54) is 6.39 Å². The van der Waals surface area contributed by atoms with Crippen molar-refractivity contribution in [2.75, 3.05) is 0 Å². The summed E-state index contributed by atoms with van der Waals surface area (Å²) in [6, 6.07) is 0. The number of oxazole rings is 1. The Kier molecular flexibility index (Phi) is 2.08. The number of nitrogens with zero attached hydrogens (tertiary/aromatic N) is 3. The lowest BCUT2D eigenvalue weighted by molar-refractivity contribution is 0.388. The smallest absolute Gasteiger partial charge is 0.295 e. The summed E-state index contributed by atoms with van der Waals surface area (Å²) < 4.78 is 10.2. The topological polar surface area (TPSA) is 91.0 Å². The summed E-state index contributed by atoms with van der Waals surface area (Å²) in [5, 5.41) is 3.79. The molecule has 0 radical (unpaired) electrons. The number of aromatic nitrogens is 3. The van der Waals surface area contributed by atoms with Crippen LogP contribution in [0, 0.1) is 6.92 Å². The van der Waals surface area contributed by atoms with Crippen LogP contribution in [-0.4, -0.2) is 15.1 Å². The first-order valence-electron chi connectivity index (χ1n) is 4.52. The fraction of sp³-hybridized carbons (Fsp3) is 0.444. The molecule has 0 fully saturated rings. The fourth-order valence-corrected chi connectivity index (χ4v) is 1.08. The van der Waals surface area contributed by atoms with Gasteiger partial charge < -0.3 is 14.7 Å². The van der Waals surface area contributed by atoms with Crippen LogP contribution in [0.25, 0.3) is 11.7 Å². The highest BCUT2D eigenvalue weighted by atomic mass is 16.5. The molecule has 2 aromatic rings. The van der Waals surface area contributed by atoms with E-state index in [2.05, 4.69) is 15.1 Å². The van der Waals surface area contributed by atoms with Crippen molar-refractivity contribution in [3.05, 3.63) is 17.9 Å². The van der Waals surface area contributed by atoms with E-state index in [4.69, 9.17) is 14.7 Å². The number of hydrogen-bond acceptors (Lipinski definition) is 6. The standard InChI is InChI=1S/C9H12N4O2/c1-5-6(14-4-11-5)7-12-8(13-15-7)9(2,3)10/h4H,10H2,1-3H3. The van der Waals surface area contributed by atoms with E-state index in [0.29, 0.717) is 23.2 Å². The third-order valence-corrected chi connectivity index (χ3v) is 1.94. The molecular weight excluding hydrogens is 196 g/mol. The van der Waals surface area contributed by atoms with Gasteiger partial charge in [-0.3, -0.25) is 0 Å². The molecule has 0 atom stereocenters. The maximum atomic E-state index is 5.83. The van der Waals surface area contributed by atoms with Crippen LogP contribution in [0.2, 0.25) is 0 Å². The van der Waals surface area contributed by atoms with Gasteiger partial charge in [0.2, 0.25) is 5.76 Å². The van der Waals surface area contributed by atoms with Crippen molar-refractivity contribution in [1.29, 1.82) is 0 Å². The minimum atomic E-state index is -0.629. The van der Waals surface area contributed by atoms with Gasteiger partial charge in [0.15, 0.2) is 12.2 Å². The quantitative estimate of drug-likeness (QED) is 0.798. The maximum Gasteiger partial charge on any atom is 0.295 e. The molecule has 2 N–H and O–H groups in total. The molecule has 0 saturated carbocycles. The Morgan fingerprint density at radius 3 is 2.60 bits per heavy atom. The first kappa shape index (κ1) is 9.85. The zero-order chi connectivity index (χ0) is 11.1. The van der Waals surface area contributed by atoms with E-state index in [-0.39, 0.29) is 0 Å². The van der Waals surface area contributed by atoms with Gasteiger partial charge >= 0.3 is 0 Å². The summed E-state index contributed by atoms with van der Waals surface area (Å²) in [5.41, 5.74) is 5.91. The molecule has 15 heavy (non-hydrogen) atoms. The van der Waals surface area contributed by atoms with Crippen molar-refractivity contribution in [3.8, 4) is 11.7 Å². The van der Waals surface area contributed by atoms with E-state index in [1.807, 2.05) is 0 Å².